The van der Waals surface area contributed by atoms with E-state index in [9.17, 15) is 0 Å². The van der Waals surface area contributed by atoms with Crippen molar-refractivity contribution in [3.63, 3.8) is 0 Å². The minimum atomic E-state index is 0.961. The Balaban J connectivity index is 1.11. The highest BCUT2D eigenvalue weighted by atomic mass is 15.2. The minimum absolute atomic E-state index is 0.961. The quantitative estimate of drug-likeness (QED) is 0.574. The van der Waals surface area contributed by atoms with Gasteiger partial charge in [-0.15, -0.1) is 0 Å². The molecule has 2 heteroatoms. The van der Waals surface area contributed by atoms with Crippen LogP contribution in [0.1, 0.15) is 43.2 Å². The zero-order valence-electron chi connectivity index (χ0n) is 15.0. The first-order chi connectivity index (χ1) is 11.9. The van der Waals surface area contributed by atoms with Gasteiger partial charge in [-0.2, -0.15) is 0 Å². The van der Waals surface area contributed by atoms with E-state index in [4.69, 9.17) is 0 Å². The Hall–Kier alpha value is -1.12. The standard InChI is InChI=1S/C22H32N2/c1(7-14-24-17-21-10-4-5-11-22(21)18-24)6-13-23-15-12-19-8-2-3-9-20(19)16-23/h2-5,8-9,21-22H,1,6-7,10-18H2. The van der Waals surface area contributed by atoms with Crippen molar-refractivity contribution in [1.82, 2.24) is 9.80 Å². The maximum Gasteiger partial charge on any atom is 0.0236 e. The predicted octanol–water partition coefficient (Wildman–Crippen LogP) is 4.11. The Labute approximate surface area is 147 Å². The van der Waals surface area contributed by atoms with E-state index in [-0.39, 0.29) is 0 Å². The normalized spacial score (nSPS) is 27.2. The van der Waals surface area contributed by atoms with Crippen LogP contribution in [0.25, 0.3) is 0 Å². The summed E-state index contributed by atoms with van der Waals surface area (Å²) in [5.74, 6) is 1.92. The number of benzene rings is 1. The number of allylic oxidation sites excluding steroid dienone is 2. The Morgan fingerprint density at radius 1 is 0.792 bits per heavy atom. The lowest BCUT2D eigenvalue weighted by Gasteiger charge is -2.28. The van der Waals surface area contributed by atoms with Crippen molar-refractivity contribution in [3.8, 4) is 0 Å². The average molecular weight is 325 g/mol. The van der Waals surface area contributed by atoms with Gasteiger partial charge in [0.25, 0.3) is 0 Å². The van der Waals surface area contributed by atoms with Crippen LogP contribution in [-0.2, 0) is 13.0 Å². The van der Waals surface area contributed by atoms with Crippen molar-refractivity contribution in [2.24, 2.45) is 11.8 Å². The number of likely N-dealkylation sites (tertiary alicyclic amines) is 1. The molecule has 1 fully saturated rings. The SMILES string of the molecule is C1=CCC2CN(CCCCCN3CCc4ccccc4C3)CC2C1. The third-order valence-electron chi connectivity index (χ3n) is 6.35. The van der Waals surface area contributed by atoms with Crippen LogP contribution in [0.4, 0.5) is 0 Å². The molecule has 0 radical (unpaired) electrons. The predicted molar refractivity (Wildman–Crippen MR) is 101 cm³/mol. The van der Waals surface area contributed by atoms with E-state index in [2.05, 4.69) is 46.2 Å². The summed E-state index contributed by atoms with van der Waals surface area (Å²) in [6, 6.07) is 8.98. The number of rotatable bonds is 6. The van der Waals surface area contributed by atoms with Gasteiger partial charge < -0.3 is 4.90 Å². The van der Waals surface area contributed by atoms with Crippen molar-refractivity contribution < 1.29 is 0 Å². The van der Waals surface area contributed by atoms with Crippen molar-refractivity contribution >= 4 is 0 Å². The summed E-state index contributed by atoms with van der Waals surface area (Å²) in [5.41, 5.74) is 3.12. The van der Waals surface area contributed by atoms with Gasteiger partial charge in [0.05, 0.1) is 0 Å². The first kappa shape index (κ1) is 16.4. The van der Waals surface area contributed by atoms with Crippen LogP contribution in [0.2, 0.25) is 0 Å². The summed E-state index contributed by atoms with van der Waals surface area (Å²) < 4.78 is 0. The van der Waals surface area contributed by atoms with Crippen molar-refractivity contribution in [3.05, 3.63) is 47.5 Å². The van der Waals surface area contributed by atoms with Gasteiger partial charge in [-0.3, -0.25) is 4.90 Å². The summed E-state index contributed by atoms with van der Waals surface area (Å²) >= 11 is 0. The molecule has 0 N–H and O–H groups in total. The van der Waals surface area contributed by atoms with Gasteiger partial charge in [-0.25, -0.2) is 0 Å². The van der Waals surface area contributed by atoms with Crippen molar-refractivity contribution in [2.75, 3.05) is 32.7 Å². The molecule has 0 bridgehead atoms. The molecule has 3 aliphatic rings. The van der Waals surface area contributed by atoms with Crippen LogP contribution in [0.5, 0.6) is 0 Å². The van der Waals surface area contributed by atoms with Gasteiger partial charge in [0.15, 0.2) is 0 Å². The molecule has 0 saturated carbocycles. The van der Waals surface area contributed by atoms with E-state index >= 15 is 0 Å². The highest BCUT2D eigenvalue weighted by Crippen LogP contribution is 2.32. The molecular weight excluding hydrogens is 292 g/mol. The minimum Gasteiger partial charge on any atom is -0.303 e. The first-order valence-electron chi connectivity index (χ1n) is 10.0. The molecule has 1 aliphatic carbocycles. The highest BCUT2D eigenvalue weighted by Gasteiger charge is 2.32. The van der Waals surface area contributed by atoms with Crippen LogP contribution in [0, 0.1) is 11.8 Å². The molecule has 0 aromatic heterocycles. The molecule has 0 spiro atoms. The smallest absolute Gasteiger partial charge is 0.0236 e. The Kier molecular flexibility index (Phi) is 5.34. The second-order valence-corrected chi connectivity index (χ2v) is 8.08. The van der Waals surface area contributed by atoms with Crippen LogP contribution < -0.4 is 0 Å². The number of unbranched alkanes of at least 4 members (excludes halogenated alkanes) is 2. The van der Waals surface area contributed by atoms with Gasteiger partial charge in [0.1, 0.15) is 0 Å². The van der Waals surface area contributed by atoms with Crippen LogP contribution >= 0.6 is 0 Å². The van der Waals surface area contributed by atoms with E-state index in [1.807, 2.05) is 0 Å². The fourth-order valence-electron chi connectivity index (χ4n) is 4.89. The lowest BCUT2D eigenvalue weighted by molar-refractivity contribution is 0.244. The highest BCUT2D eigenvalue weighted by molar-refractivity contribution is 5.28. The summed E-state index contributed by atoms with van der Waals surface area (Å²) in [7, 11) is 0. The van der Waals surface area contributed by atoms with E-state index in [1.54, 1.807) is 11.1 Å². The molecule has 130 valence electrons. The molecule has 4 rings (SSSR count). The van der Waals surface area contributed by atoms with Gasteiger partial charge in [-0.1, -0.05) is 42.8 Å². The Morgan fingerprint density at radius 3 is 2.21 bits per heavy atom. The molecule has 1 aromatic carbocycles. The third-order valence-corrected chi connectivity index (χ3v) is 6.35. The maximum absolute atomic E-state index is 2.74. The largest absolute Gasteiger partial charge is 0.303 e. The molecule has 2 atom stereocenters. The van der Waals surface area contributed by atoms with E-state index in [0.717, 1.165) is 11.8 Å². The summed E-state index contributed by atoms with van der Waals surface area (Å²) in [6.07, 6.45) is 12.8. The van der Waals surface area contributed by atoms with E-state index < -0.39 is 0 Å². The van der Waals surface area contributed by atoms with Gasteiger partial charge >= 0.3 is 0 Å². The summed E-state index contributed by atoms with van der Waals surface area (Å²) in [5, 5.41) is 0. The molecule has 0 amide bonds. The first-order valence-corrected chi connectivity index (χ1v) is 10.0. The molecule has 1 aromatic rings. The monoisotopic (exact) mass is 324 g/mol. The Morgan fingerprint density at radius 2 is 1.46 bits per heavy atom. The molecule has 2 heterocycles. The summed E-state index contributed by atoms with van der Waals surface area (Å²) in [4.78, 5) is 5.39. The summed E-state index contributed by atoms with van der Waals surface area (Å²) in [6.45, 7) is 7.74. The van der Waals surface area contributed by atoms with Gasteiger partial charge in [0, 0.05) is 26.2 Å². The number of nitrogens with zero attached hydrogens (tertiary/aromatic N) is 2. The lowest BCUT2D eigenvalue weighted by atomic mass is 9.86. The third kappa shape index (κ3) is 3.92. The lowest BCUT2D eigenvalue weighted by Crippen LogP contribution is -2.31. The second-order valence-electron chi connectivity index (χ2n) is 8.08. The molecule has 24 heavy (non-hydrogen) atoms. The molecule has 2 aliphatic heterocycles. The second kappa shape index (κ2) is 7.84. The van der Waals surface area contributed by atoms with Crippen molar-refractivity contribution in [1.29, 1.82) is 0 Å². The fraction of sp³-hybridized carbons (Fsp3) is 0.636. The maximum atomic E-state index is 2.74. The van der Waals surface area contributed by atoms with Crippen LogP contribution in [0.3, 0.4) is 0 Å². The van der Waals surface area contributed by atoms with E-state index in [1.165, 1.54) is 77.8 Å². The zero-order valence-corrected chi connectivity index (χ0v) is 15.0. The molecule has 1 saturated heterocycles. The number of hydrogen-bond donors (Lipinski definition) is 0. The fourth-order valence-corrected chi connectivity index (χ4v) is 4.89. The van der Waals surface area contributed by atoms with Gasteiger partial charge in [0.2, 0.25) is 0 Å². The topological polar surface area (TPSA) is 6.48 Å². The molecule has 2 unspecified atom stereocenters. The number of fused-ring (bicyclic) bond motifs is 2. The number of hydrogen-bond acceptors (Lipinski definition) is 2. The van der Waals surface area contributed by atoms with E-state index in [0.29, 0.717) is 0 Å². The van der Waals surface area contributed by atoms with Crippen LogP contribution in [-0.4, -0.2) is 42.5 Å². The molecule has 2 nitrogen and oxygen atoms in total. The average Bonchev–Trinajstić information content (AvgIpc) is 3.04. The van der Waals surface area contributed by atoms with Crippen LogP contribution in [0.15, 0.2) is 36.4 Å². The van der Waals surface area contributed by atoms with Gasteiger partial charge in [-0.05, 0) is 68.2 Å². The zero-order chi connectivity index (χ0) is 16.2. The Bertz CT molecular complexity index is 549. The van der Waals surface area contributed by atoms with Crippen molar-refractivity contribution in [2.45, 2.75) is 45.1 Å². The molecular formula is C22H32N2.